The molecule has 1 spiro atoms. The first-order chi connectivity index (χ1) is 7.78. The predicted octanol–water partition coefficient (Wildman–Crippen LogP) is 1.55. The topological polar surface area (TPSA) is 35.5 Å². The Morgan fingerprint density at radius 2 is 2.25 bits per heavy atom. The van der Waals surface area contributed by atoms with Crippen molar-refractivity contribution in [1.29, 1.82) is 0 Å². The number of Topliss-reactive ketones (excluding diaryl/α,β-unsaturated/α-hetero) is 1. The van der Waals surface area contributed by atoms with Crippen molar-refractivity contribution in [3.05, 3.63) is 0 Å². The monoisotopic (exact) mass is 222 g/mol. The highest BCUT2D eigenvalue weighted by Gasteiger charge is 2.58. The van der Waals surface area contributed by atoms with E-state index in [1.807, 2.05) is 0 Å². The molecule has 2 unspecified atom stereocenters. The molecule has 88 valence electrons. The highest BCUT2D eigenvalue weighted by atomic mass is 16.6. The van der Waals surface area contributed by atoms with E-state index in [2.05, 4.69) is 0 Å². The summed E-state index contributed by atoms with van der Waals surface area (Å²) in [5.41, 5.74) is -0.00468. The summed E-state index contributed by atoms with van der Waals surface area (Å²) in [6, 6.07) is 0. The van der Waals surface area contributed by atoms with Crippen molar-refractivity contribution < 1.29 is 14.3 Å². The standard InChI is InChI=1S/C13H18O3/c14-10-2-1-8-5-9-6-15-7-13(9)4-3-11(16-13)12(8)10/h8-9,11-12H,1-7H2/t8?,9-,11-,12?,13-/m1/s1. The first-order valence-corrected chi connectivity index (χ1v) is 6.57. The third kappa shape index (κ3) is 1.08. The van der Waals surface area contributed by atoms with Crippen molar-refractivity contribution in [3.8, 4) is 0 Å². The zero-order chi connectivity index (χ0) is 10.8. The molecule has 4 fully saturated rings. The van der Waals surface area contributed by atoms with Crippen LogP contribution in [0.5, 0.6) is 0 Å². The Morgan fingerprint density at radius 1 is 1.31 bits per heavy atom. The molecule has 0 amide bonds. The lowest BCUT2D eigenvalue weighted by Crippen LogP contribution is -2.36. The van der Waals surface area contributed by atoms with Gasteiger partial charge in [0.05, 0.1) is 24.9 Å². The molecule has 1 saturated carbocycles. The fraction of sp³-hybridized carbons (Fsp3) is 0.923. The van der Waals surface area contributed by atoms with E-state index < -0.39 is 0 Å². The van der Waals surface area contributed by atoms with Gasteiger partial charge in [0.2, 0.25) is 0 Å². The van der Waals surface area contributed by atoms with E-state index in [9.17, 15) is 4.79 Å². The third-order valence-electron chi connectivity index (χ3n) is 5.28. The van der Waals surface area contributed by atoms with Crippen LogP contribution in [0.2, 0.25) is 0 Å². The molecule has 4 aliphatic rings. The van der Waals surface area contributed by atoms with Crippen LogP contribution >= 0.6 is 0 Å². The average Bonchev–Trinajstić information content (AvgIpc) is 2.90. The molecule has 3 heterocycles. The van der Waals surface area contributed by atoms with Crippen LogP contribution in [0, 0.1) is 17.8 Å². The van der Waals surface area contributed by atoms with E-state index in [0.29, 0.717) is 17.6 Å². The molecule has 3 saturated heterocycles. The fourth-order valence-corrected chi connectivity index (χ4v) is 4.47. The van der Waals surface area contributed by atoms with Gasteiger partial charge in [-0.25, -0.2) is 0 Å². The van der Waals surface area contributed by atoms with Crippen LogP contribution in [-0.2, 0) is 14.3 Å². The highest BCUT2D eigenvalue weighted by molar-refractivity contribution is 5.84. The van der Waals surface area contributed by atoms with Crippen molar-refractivity contribution in [3.63, 3.8) is 0 Å². The van der Waals surface area contributed by atoms with Crippen LogP contribution in [-0.4, -0.2) is 30.7 Å². The SMILES string of the molecule is O=C1CCC2C[C@@H]3COC[C@]34CC[C@@H](O4)C12. The number of hydrogen-bond acceptors (Lipinski definition) is 3. The quantitative estimate of drug-likeness (QED) is 0.624. The summed E-state index contributed by atoms with van der Waals surface area (Å²) < 4.78 is 11.9. The molecule has 0 N–H and O–H groups in total. The Hall–Kier alpha value is -0.410. The lowest BCUT2D eigenvalue weighted by atomic mass is 9.75. The summed E-state index contributed by atoms with van der Waals surface area (Å²) in [4.78, 5) is 12.0. The molecule has 3 heteroatoms. The minimum Gasteiger partial charge on any atom is -0.378 e. The van der Waals surface area contributed by atoms with E-state index in [-0.39, 0.29) is 17.6 Å². The van der Waals surface area contributed by atoms with Crippen LogP contribution in [0.25, 0.3) is 0 Å². The summed E-state index contributed by atoms with van der Waals surface area (Å²) in [7, 11) is 0. The molecular formula is C13H18O3. The second-order valence-corrected chi connectivity index (χ2v) is 6.00. The third-order valence-corrected chi connectivity index (χ3v) is 5.28. The Kier molecular flexibility index (Phi) is 1.85. The second-order valence-electron chi connectivity index (χ2n) is 6.00. The lowest BCUT2D eigenvalue weighted by Gasteiger charge is -2.28. The van der Waals surface area contributed by atoms with E-state index in [1.165, 1.54) is 0 Å². The van der Waals surface area contributed by atoms with E-state index in [4.69, 9.17) is 9.47 Å². The number of ketones is 1. The molecule has 1 aliphatic carbocycles. The number of fused-ring (bicyclic) bond motifs is 3. The van der Waals surface area contributed by atoms with Gasteiger partial charge in [-0.2, -0.15) is 0 Å². The van der Waals surface area contributed by atoms with Crippen molar-refractivity contribution in [2.24, 2.45) is 17.8 Å². The maximum atomic E-state index is 12.0. The molecule has 16 heavy (non-hydrogen) atoms. The van der Waals surface area contributed by atoms with Crippen molar-refractivity contribution in [2.75, 3.05) is 13.2 Å². The van der Waals surface area contributed by atoms with E-state index >= 15 is 0 Å². The molecule has 2 bridgehead atoms. The zero-order valence-electron chi connectivity index (χ0n) is 9.48. The van der Waals surface area contributed by atoms with Gasteiger partial charge in [0, 0.05) is 18.3 Å². The molecule has 0 radical (unpaired) electrons. The summed E-state index contributed by atoms with van der Waals surface area (Å²) >= 11 is 0. The van der Waals surface area contributed by atoms with Crippen LogP contribution in [0.3, 0.4) is 0 Å². The molecule has 3 nitrogen and oxygen atoms in total. The first kappa shape index (κ1) is 9.60. The summed E-state index contributed by atoms with van der Waals surface area (Å²) in [5.74, 6) is 1.84. The average molecular weight is 222 g/mol. The van der Waals surface area contributed by atoms with Gasteiger partial charge in [0.1, 0.15) is 5.78 Å². The Labute approximate surface area is 95.5 Å². The maximum absolute atomic E-state index is 12.0. The van der Waals surface area contributed by atoms with Gasteiger partial charge < -0.3 is 9.47 Å². The lowest BCUT2D eigenvalue weighted by molar-refractivity contribution is -0.128. The molecule has 0 aromatic carbocycles. The first-order valence-electron chi connectivity index (χ1n) is 6.57. The van der Waals surface area contributed by atoms with Gasteiger partial charge in [0.25, 0.3) is 0 Å². The predicted molar refractivity (Wildman–Crippen MR) is 57.0 cm³/mol. The van der Waals surface area contributed by atoms with Crippen LogP contribution in [0.4, 0.5) is 0 Å². The van der Waals surface area contributed by atoms with Crippen LogP contribution in [0.1, 0.15) is 32.1 Å². The minimum absolute atomic E-state index is 0.00468. The summed E-state index contributed by atoms with van der Waals surface area (Å²) in [6.07, 6.45) is 5.44. The van der Waals surface area contributed by atoms with Crippen molar-refractivity contribution >= 4 is 5.78 Å². The smallest absolute Gasteiger partial charge is 0.138 e. The molecule has 3 aliphatic heterocycles. The molecule has 0 aromatic rings. The van der Waals surface area contributed by atoms with Gasteiger partial charge in [0.15, 0.2) is 0 Å². The molecular weight excluding hydrogens is 204 g/mol. The summed E-state index contributed by atoms with van der Waals surface area (Å²) in [6.45, 7) is 1.62. The Bertz CT molecular complexity index is 340. The number of carbonyl (C=O) groups is 1. The number of ether oxygens (including phenoxy) is 2. The van der Waals surface area contributed by atoms with Gasteiger partial charge in [-0.3, -0.25) is 4.79 Å². The van der Waals surface area contributed by atoms with Gasteiger partial charge in [-0.15, -0.1) is 0 Å². The Morgan fingerprint density at radius 3 is 3.19 bits per heavy atom. The summed E-state index contributed by atoms with van der Waals surface area (Å²) in [5, 5.41) is 0. The van der Waals surface area contributed by atoms with E-state index in [0.717, 1.165) is 45.3 Å². The zero-order valence-corrected chi connectivity index (χ0v) is 9.48. The normalized spacial score (nSPS) is 54.9. The van der Waals surface area contributed by atoms with Gasteiger partial charge in [-0.05, 0) is 31.6 Å². The van der Waals surface area contributed by atoms with Gasteiger partial charge >= 0.3 is 0 Å². The second kappa shape index (κ2) is 3.08. The largest absolute Gasteiger partial charge is 0.378 e. The minimum atomic E-state index is -0.00468. The van der Waals surface area contributed by atoms with Crippen molar-refractivity contribution in [2.45, 2.75) is 43.8 Å². The maximum Gasteiger partial charge on any atom is 0.138 e. The molecule has 5 atom stereocenters. The molecule has 0 aromatic heterocycles. The molecule has 4 rings (SSSR count). The van der Waals surface area contributed by atoms with Gasteiger partial charge in [-0.1, -0.05) is 0 Å². The van der Waals surface area contributed by atoms with Crippen molar-refractivity contribution in [1.82, 2.24) is 0 Å². The number of carbonyl (C=O) groups excluding carboxylic acids is 1. The highest BCUT2D eigenvalue weighted by Crippen LogP contribution is 2.53. The van der Waals surface area contributed by atoms with Crippen LogP contribution in [0.15, 0.2) is 0 Å². The Balaban J connectivity index is 1.72. The fourth-order valence-electron chi connectivity index (χ4n) is 4.47. The number of hydrogen-bond donors (Lipinski definition) is 0. The number of rotatable bonds is 0. The van der Waals surface area contributed by atoms with Crippen LogP contribution < -0.4 is 0 Å². The van der Waals surface area contributed by atoms with E-state index in [1.54, 1.807) is 0 Å².